The molecule has 0 unspecified atom stereocenters. The molecule has 0 saturated heterocycles. The van der Waals surface area contributed by atoms with E-state index in [-0.39, 0.29) is 0 Å². The first-order valence-electron chi connectivity index (χ1n) is 6.48. The molecule has 1 heterocycles. The lowest BCUT2D eigenvalue weighted by Gasteiger charge is -2.09. The fourth-order valence-corrected chi connectivity index (χ4v) is 2.29. The average Bonchev–Trinajstić information content (AvgIpc) is 2.93. The van der Waals surface area contributed by atoms with Gasteiger partial charge < -0.3 is 14.8 Å². The van der Waals surface area contributed by atoms with E-state index in [4.69, 9.17) is 9.47 Å². The second-order valence-corrected chi connectivity index (χ2v) is 4.63. The Kier molecular flexibility index (Phi) is 3.27. The fraction of sp³-hybridized carbons (Fsp3) is 0.250. The van der Waals surface area contributed by atoms with Crippen LogP contribution in [0.15, 0.2) is 42.5 Å². The maximum Gasteiger partial charge on any atom is 0.122 e. The summed E-state index contributed by atoms with van der Waals surface area (Å²) >= 11 is 0. The molecule has 0 spiro atoms. The van der Waals surface area contributed by atoms with E-state index in [1.165, 1.54) is 11.1 Å². The molecular formula is C16H17NO2. The summed E-state index contributed by atoms with van der Waals surface area (Å²) in [5.41, 5.74) is 3.65. The highest BCUT2D eigenvalue weighted by molar-refractivity contribution is 5.49. The quantitative estimate of drug-likeness (QED) is 0.909. The van der Waals surface area contributed by atoms with E-state index in [2.05, 4.69) is 23.5 Å². The van der Waals surface area contributed by atoms with Crippen molar-refractivity contribution < 1.29 is 9.47 Å². The van der Waals surface area contributed by atoms with Crippen LogP contribution in [0.5, 0.6) is 11.5 Å². The average molecular weight is 255 g/mol. The molecular weight excluding hydrogens is 238 g/mol. The highest BCUT2D eigenvalue weighted by atomic mass is 16.5. The molecule has 2 aromatic carbocycles. The lowest BCUT2D eigenvalue weighted by atomic mass is 10.1. The van der Waals surface area contributed by atoms with Crippen LogP contribution in [-0.4, -0.2) is 13.7 Å². The molecule has 19 heavy (non-hydrogen) atoms. The lowest BCUT2D eigenvalue weighted by Crippen LogP contribution is -1.99. The molecule has 0 amide bonds. The largest absolute Gasteiger partial charge is 0.497 e. The van der Waals surface area contributed by atoms with Gasteiger partial charge in [-0.15, -0.1) is 0 Å². The Morgan fingerprint density at radius 1 is 1.21 bits per heavy atom. The summed E-state index contributed by atoms with van der Waals surface area (Å²) in [4.78, 5) is 0. The van der Waals surface area contributed by atoms with Gasteiger partial charge >= 0.3 is 0 Å². The van der Waals surface area contributed by atoms with Gasteiger partial charge in [-0.25, -0.2) is 0 Å². The smallest absolute Gasteiger partial charge is 0.122 e. The predicted molar refractivity (Wildman–Crippen MR) is 76.0 cm³/mol. The van der Waals surface area contributed by atoms with Gasteiger partial charge in [0.15, 0.2) is 0 Å². The number of fused-ring (bicyclic) bond motifs is 1. The number of rotatable bonds is 4. The molecule has 0 radical (unpaired) electrons. The van der Waals surface area contributed by atoms with Crippen molar-refractivity contribution in [3.63, 3.8) is 0 Å². The van der Waals surface area contributed by atoms with Gasteiger partial charge in [0.1, 0.15) is 11.5 Å². The monoisotopic (exact) mass is 255 g/mol. The molecule has 1 aliphatic heterocycles. The summed E-state index contributed by atoms with van der Waals surface area (Å²) in [6.45, 7) is 1.61. The molecule has 1 N–H and O–H groups in total. The van der Waals surface area contributed by atoms with E-state index in [0.717, 1.165) is 36.8 Å². The van der Waals surface area contributed by atoms with Gasteiger partial charge in [-0.1, -0.05) is 18.2 Å². The van der Waals surface area contributed by atoms with Gasteiger partial charge in [-0.2, -0.15) is 0 Å². The van der Waals surface area contributed by atoms with E-state index in [0.29, 0.717) is 0 Å². The molecule has 0 atom stereocenters. The molecule has 3 nitrogen and oxygen atoms in total. The second kappa shape index (κ2) is 5.22. The Labute approximate surface area is 113 Å². The number of hydrogen-bond acceptors (Lipinski definition) is 3. The summed E-state index contributed by atoms with van der Waals surface area (Å²) in [5, 5.41) is 3.41. The Morgan fingerprint density at radius 3 is 3.05 bits per heavy atom. The number of benzene rings is 2. The third-order valence-corrected chi connectivity index (χ3v) is 3.32. The number of nitrogens with one attached hydrogen (secondary N) is 1. The number of anilines is 1. The van der Waals surface area contributed by atoms with Crippen LogP contribution in [0.1, 0.15) is 11.1 Å². The summed E-state index contributed by atoms with van der Waals surface area (Å²) in [7, 11) is 1.68. The van der Waals surface area contributed by atoms with E-state index < -0.39 is 0 Å². The van der Waals surface area contributed by atoms with Gasteiger partial charge in [0.25, 0.3) is 0 Å². The SMILES string of the molecule is COc1cccc(NCc2ccc3c(c2)CCO3)c1. The molecule has 98 valence electrons. The first-order chi connectivity index (χ1) is 9.35. The Balaban J connectivity index is 1.68. The Bertz CT molecular complexity index is 581. The minimum Gasteiger partial charge on any atom is -0.497 e. The third kappa shape index (κ3) is 2.65. The molecule has 3 heteroatoms. The summed E-state index contributed by atoms with van der Waals surface area (Å²) in [6.07, 6.45) is 1.02. The topological polar surface area (TPSA) is 30.5 Å². The van der Waals surface area contributed by atoms with E-state index in [1.54, 1.807) is 7.11 Å². The van der Waals surface area contributed by atoms with Crippen molar-refractivity contribution in [1.29, 1.82) is 0 Å². The van der Waals surface area contributed by atoms with E-state index in [1.807, 2.05) is 24.3 Å². The number of methoxy groups -OCH3 is 1. The summed E-state index contributed by atoms with van der Waals surface area (Å²) < 4.78 is 10.7. The minimum absolute atomic E-state index is 0.806. The van der Waals surface area contributed by atoms with Crippen LogP contribution in [0.25, 0.3) is 0 Å². The Hall–Kier alpha value is -2.16. The number of ether oxygens (including phenoxy) is 2. The van der Waals surface area contributed by atoms with Crippen molar-refractivity contribution in [2.24, 2.45) is 0 Å². The first kappa shape index (κ1) is 11.9. The van der Waals surface area contributed by atoms with Crippen LogP contribution in [0.3, 0.4) is 0 Å². The van der Waals surface area contributed by atoms with Gasteiger partial charge in [0, 0.05) is 24.7 Å². The van der Waals surface area contributed by atoms with Gasteiger partial charge in [-0.05, 0) is 29.3 Å². The second-order valence-electron chi connectivity index (χ2n) is 4.63. The summed E-state index contributed by atoms with van der Waals surface area (Å²) in [5.74, 6) is 1.90. The molecule has 1 aliphatic rings. The van der Waals surface area contributed by atoms with Gasteiger partial charge in [0.2, 0.25) is 0 Å². The molecule has 0 bridgehead atoms. The van der Waals surface area contributed by atoms with Crippen LogP contribution in [0.2, 0.25) is 0 Å². The zero-order chi connectivity index (χ0) is 13.1. The lowest BCUT2D eigenvalue weighted by molar-refractivity contribution is 0.357. The molecule has 0 fully saturated rings. The summed E-state index contributed by atoms with van der Waals surface area (Å²) in [6, 6.07) is 14.4. The van der Waals surface area contributed by atoms with Gasteiger partial charge in [0.05, 0.1) is 13.7 Å². The normalized spacial score (nSPS) is 12.7. The highest BCUT2D eigenvalue weighted by Gasteiger charge is 2.11. The zero-order valence-electron chi connectivity index (χ0n) is 11.0. The van der Waals surface area contributed by atoms with Crippen LogP contribution in [0, 0.1) is 0 Å². The van der Waals surface area contributed by atoms with Crippen molar-refractivity contribution in [3.05, 3.63) is 53.6 Å². The van der Waals surface area contributed by atoms with Crippen LogP contribution in [-0.2, 0) is 13.0 Å². The van der Waals surface area contributed by atoms with E-state index in [9.17, 15) is 0 Å². The molecule has 3 rings (SSSR count). The molecule has 0 saturated carbocycles. The zero-order valence-corrected chi connectivity index (χ0v) is 11.0. The van der Waals surface area contributed by atoms with Crippen molar-refractivity contribution in [2.75, 3.05) is 19.0 Å². The predicted octanol–water partition coefficient (Wildman–Crippen LogP) is 3.24. The fourth-order valence-electron chi connectivity index (χ4n) is 2.29. The maximum atomic E-state index is 5.51. The van der Waals surface area contributed by atoms with Crippen molar-refractivity contribution in [2.45, 2.75) is 13.0 Å². The molecule has 0 aliphatic carbocycles. The van der Waals surface area contributed by atoms with Crippen LogP contribution in [0.4, 0.5) is 5.69 Å². The highest BCUT2D eigenvalue weighted by Crippen LogP contribution is 2.26. The number of hydrogen-bond donors (Lipinski definition) is 1. The maximum absolute atomic E-state index is 5.51. The van der Waals surface area contributed by atoms with Crippen molar-refractivity contribution in [3.8, 4) is 11.5 Å². The van der Waals surface area contributed by atoms with Crippen LogP contribution >= 0.6 is 0 Å². The van der Waals surface area contributed by atoms with E-state index >= 15 is 0 Å². The molecule has 2 aromatic rings. The first-order valence-corrected chi connectivity index (χ1v) is 6.48. The van der Waals surface area contributed by atoms with Gasteiger partial charge in [-0.3, -0.25) is 0 Å². The van der Waals surface area contributed by atoms with Crippen molar-refractivity contribution >= 4 is 5.69 Å². The molecule has 0 aromatic heterocycles. The third-order valence-electron chi connectivity index (χ3n) is 3.32. The van der Waals surface area contributed by atoms with Crippen LogP contribution < -0.4 is 14.8 Å². The minimum atomic E-state index is 0.806. The standard InChI is InChI=1S/C16H17NO2/c1-18-15-4-2-3-14(10-15)17-11-12-5-6-16-13(9-12)7-8-19-16/h2-6,9-10,17H,7-8,11H2,1H3. The van der Waals surface area contributed by atoms with Crippen molar-refractivity contribution in [1.82, 2.24) is 0 Å². The Morgan fingerprint density at radius 2 is 2.16 bits per heavy atom.